The number of hydrogen-bond donors (Lipinski definition) is 1. The van der Waals surface area contributed by atoms with Crippen molar-refractivity contribution in [3.8, 4) is 22.6 Å². The minimum Gasteiger partial charge on any atom is -0.378 e. The average Bonchev–Trinajstić information content (AvgIpc) is 3.34. The number of nitrogens with zero attached hydrogens (tertiary/aromatic N) is 5. The minimum absolute atomic E-state index is 0.0437. The third kappa shape index (κ3) is 5.32. The molecule has 38 heavy (non-hydrogen) atoms. The van der Waals surface area contributed by atoms with Crippen LogP contribution < -0.4 is 9.80 Å². The Balaban J connectivity index is 1.89. The van der Waals surface area contributed by atoms with E-state index in [2.05, 4.69) is 10.1 Å². The zero-order valence-electron chi connectivity index (χ0n) is 21.7. The topological polar surface area (TPSA) is 60.9 Å². The maximum absolute atomic E-state index is 14.7. The Bertz CT molecular complexity index is 1470. The number of aromatic amines is 1. The molecule has 0 aliphatic carbocycles. The Morgan fingerprint density at radius 2 is 1.26 bits per heavy atom. The van der Waals surface area contributed by atoms with Crippen LogP contribution in [0.4, 0.5) is 33.3 Å². The summed E-state index contributed by atoms with van der Waals surface area (Å²) < 4.78 is 67.8. The van der Waals surface area contributed by atoms with Crippen LogP contribution in [0.25, 0.3) is 22.6 Å². The number of benzene rings is 1. The summed E-state index contributed by atoms with van der Waals surface area (Å²) in [6.07, 6.45) is -4.57. The van der Waals surface area contributed by atoms with Crippen molar-refractivity contribution in [2.75, 3.05) is 38.0 Å². The van der Waals surface area contributed by atoms with E-state index in [4.69, 9.17) is 4.98 Å². The standard InChI is InChI=1S/C27H27F5N6/c1-26(2,23-12-16(37(3)4)10-20(33-23)18-8-7-15(28)9-19(18)29)24-13-17(38(5)6)11-21(34-24)22-14-25(36-35-22)27(30,31)32/h7-14H,1-6H3,(H,35,36). The molecule has 0 unspecified atom stereocenters. The first-order chi connectivity index (χ1) is 17.7. The number of aromatic nitrogens is 4. The molecule has 0 amide bonds. The summed E-state index contributed by atoms with van der Waals surface area (Å²) in [5, 5.41) is 5.87. The summed E-state index contributed by atoms with van der Waals surface area (Å²) in [5.74, 6) is -1.44. The number of anilines is 2. The molecule has 0 aliphatic rings. The van der Waals surface area contributed by atoms with Crippen LogP contribution in [0, 0.1) is 11.6 Å². The number of rotatable bonds is 6. The molecule has 0 saturated carbocycles. The molecular weight excluding hydrogens is 503 g/mol. The van der Waals surface area contributed by atoms with Gasteiger partial charge in [-0.1, -0.05) is 0 Å². The molecule has 11 heteroatoms. The second kappa shape index (κ2) is 9.70. The van der Waals surface area contributed by atoms with E-state index in [0.717, 1.165) is 17.8 Å². The number of alkyl halides is 3. The van der Waals surface area contributed by atoms with Crippen molar-refractivity contribution in [2.24, 2.45) is 0 Å². The lowest BCUT2D eigenvalue weighted by Crippen LogP contribution is -2.24. The van der Waals surface area contributed by atoms with E-state index < -0.39 is 28.9 Å². The lowest BCUT2D eigenvalue weighted by atomic mass is 9.83. The SMILES string of the molecule is CN(C)c1cc(-c2cc(C(F)(F)F)[nH]n2)nc(C(C)(C)c2cc(N(C)C)cc(-c3ccc(F)cc3F)n2)c1. The number of H-pyrrole nitrogens is 1. The molecule has 200 valence electrons. The first-order valence-electron chi connectivity index (χ1n) is 11.6. The van der Waals surface area contributed by atoms with Crippen LogP contribution in [0.5, 0.6) is 0 Å². The number of pyridine rings is 2. The summed E-state index contributed by atoms with van der Waals surface area (Å²) >= 11 is 0. The molecular formula is C27H27F5N6. The predicted octanol–water partition coefficient (Wildman–Crippen LogP) is 6.29. The Hall–Kier alpha value is -4.02. The summed E-state index contributed by atoms with van der Waals surface area (Å²) in [6.45, 7) is 3.74. The maximum Gasteiger partial charge on any atom is 0.432 e. The lowest BCUT2D eigenvalue weighted by molar-refractivity contribution is -0.141. The minimum atomic E-state index is -4.57. The van der Waals surface area contributed by atoms with Gasteiger partial charge in [-0.15, -0.1) is 0 Å². The Labute approximate surface area is 217 Å². The predicted molar refractivity (Wildman–Crippen MR) is 137 cm³/mol. The molecule has 3 aromatic heterocycles. The van der Waals surface area contributed by atoms with Crippen LogP contribution in [0.1, 0.15) is 30.9 Å². The zero-order chi connectivity index (χ0) is 28.0. The van der Waals surface area contributed by atoms with Crippen molar-refractivity contribution in [1.29, 1.82) is 0 Å². The molecule has 6 nitrogen and oxygen atoms in total. The molecule has 3 heterocycles. The molecule has 0 radical (unpaired) electrons. The normalized spacial score (nSPS) is 12.1. The number of nitrogens with one attached hydrogen (secondary N) is 1. The van der Waals surface area contributed by atoms with Gasteiger partial charge in [-0.05, 0) is 56.3 Å². The molecule has 0 saturated heterocycles. The average molecular weight is 531 g/mol. The zero-order valence-corrected chi connectivity index (χ0v) is 21.7. The van der Waals surface area contributed by atoms with Gasteiger partial charge < -0.3 is 9.80 Å². The van der Waals surface area contributed by atoms with E-state index >= 15 is 0 Å². The second-order valence-electron chi connectivity index (χ2n) is 9.89. The van der Waals surface area contributed by atoms with Gasteiger partial charge >= 0.3 is 6.18 Å². The van der Waals surface area contributed by atoms with Crippen molar-refractivity contribution >= 4 is 11.4 Å². The molecule has 0 aliphatic heterocycles. The third-order valence-corrected chi connectivity index (χ3v) is 6.29. The van der Waals surface area contributed by atoms with Crippen LogP contribution in [0.15, 0.2) is 48.5 Å². The quantitative estimate of drug-likeness (QED) is 0.297. The van der Waals surface area contributed by atoms with Gasteiger partial charge in [0.25, 0.3) is 0 Å². The number of hydrogen-bond acceptors (Lipinski definition) is 5. The van der Waals surface area contributed by atoms with Crippen LogP contribution in [-0.4, -0.2) is 48.4 Å². The molecule has 0 bridgehead atoms. The van der Waals surface area contributed by atoms with Crippen LogP contribution in [0.2, 0.25) is 0 Å². The fraction of sp³-hybridized carbons (Fsp3) is 0.296. The van der Waals surface area contributed by atoms with E-state index in [-0.39, 0.29) is 17.0 Å². The molecule has 0 atom stereocenters. The van der Waals surface area contributed by atoms with E-state index in [1.54, 1.807) is 12.1 Å². The van der Waals surface area contributed by atoms with Crippen molar-refractivity contribution in [3.05, 3.63) is 77.2 Å². The van der Waals surface area contributed by atoms with Gasteiger partial charge in [-0.2, -0.15) is 18.3 Å². The van der Waals surface area contributed by atoms with Gasteiger partial charge in [0.1, 0.15) is 23.0 Å². The highest BCUT2D eigenvalue weighted by molar-refractivity contribution is 5.67. The van der Waals surface area contributed by atoms with E-state index in [1.807, 2.05) is 69.1 Å². The first kappa shape index (κ1) is 27.0. The third-order valence-electron chi connectivity index (χ3n) is 6.29. The highest BCUT2D eigenvalue weighted by Crippen LogP contribution is 2.37. The summed E-state index contributed by atoms with van der Waals surface area (Å²) in [6, 6.07) is 11.2. The van der Waals surface area contributed by atoms with Gasteiger partial charge in [0.2, 0.25) is 0 Å². The van der Waals surface area contributed by atoms with Crippen LogP contribution in [-0.2, 0) is 11.6 Å². The fourth-order valence-electron chi connectivity index (χ4n) is 3.88. The highest BCUT2D eigenvalue weighted by Gasteiger charge is 2.34. The number of halogens is 5. The molecule has 1 N–H and O–H groups in total. The molecule has 1 aromatic carbocycles. The lowest BCUT2D eigenvalue weighted by Gasteiger charge is -2.28. The second-order valence-corrected chi connectivity index (χ2v) is 9.89. The molecule has 4 aromatic rings. The first-order valence-corrected chi connectivity index (χ1v) is 11.6. The van der Waals surface area contributed by atoms with Gasteiger partial charge in [-0.3, -0.25) is 10.1 Å². The van der Waals surface area contributed by atoms with Gasteiger partial charge in [0, 0.05) is 56.6 Å². The Morgan fingerprint density at radius 1 is 0.711 bits per heavy atom. The van der Waals surface area contributed by atoms with E-state index in [0.29, 0.717) is 22.8 Å². The van der Waals surface area contributed by atoms with Gasteiger partial charge in [-0.25, -0.2) is 13.8 Å². The largest absolute Gasteiger partial charge is 0.432 e. The van der Waals surface area contributed by atoms with Crippen LogP contribution in [0.3, 0.4) is 0 Å². The van der Waals surface area contributed by atoms with Crippen LogP contribution >= 0.6 is 0 Å². The van der Waals surface area contributed by atoms with E-state index in [9.17, 15) is 22.0 Å². The molecule has 4 rings (SSSR count). The smallest absolute Gasteiger partial charge is 0.378 e. The fourth-order valence-corrected chi connectivity index (χ4v) is 3.88. The summed E-state index contributed by atoms with van der Waals surface area (Å²) in [4.78, 5) is 13.1. The molecule has 0 spiro atoms. The van der Waals surface area contributed by atoms with Crippen molar-refractivity contribution in [2.45, 2.75) is 25.4 Å². The van der Waals surface area contributed by atoms with Crippen molar-refractivity contribution < 1.29 is 22.0 Å². The van der Waals surface area contributed by atoms with E-state index in [1.165, 1.54) is 12.1 Å². The summed E-state index contributed by atoms with van der Waals surface area (Å²) in [5.41, 5.74) is 1.37. The molecule has 0 fully saturated rings. The van der Waals surface area contributed by atoms with Gasteiger partial charge in [0.15, 0.2) is 0 Å². The Morgan fingerprint density at radius 3 is 1.76 bits per heavy atom. The monoisotopic (exact) mass is 530 g/mol. The van der Waals surface area contributed by atoms with Crippen molar-refractivity contribution in [1.82, 2.24) is 20.2 Å². The van der Waals surface area contributed by atoms with Gasteiger partial charge in [0.05, 0.1) is 22.8 Å². The highest BCUT2D eigenvalue weighted by atomic mass is 19.4. The summed E-state index contributed by atoms with van der Waals surface area (Å²) in [7, 11) is 7.27. The Kier molecular flexibility index (Phi) is 6.90. The van der Waals surface area contributed by atoms with Crippen molar-refractivity contribution in [3.63, 3.8) is 0 Å². The maximum atomic E-state index is 14.7.